The number of aliphatic hydroxyl groups excluding tert-OH is 1. The maximum absolute atomic E-state index is 13.7. The summed E-state index contributed by atoms with van der Waals surface area (Å²) in [5, 5.41) is 8.99. The molecule has 5 nitrogen and oxygen atoms in total. The van der Waals surface area contributed by atoms with Crippen molar-refractivity contribution in [2.45, 2.75) is 43.2 Å². The second-order valence-electron chi connectivity index (χ2n) is 5.29. The zero-order valence-corrected chi connectivity index (χ0v) is 12.3. The fraction of sp³-hybridized carbons (Fsp3) is 0.692. The number of nitrogens with one attached hydrogen (secondary N) is 1. The van der Waals surface area contributed by atoms with E-state index in [4.69, 9.17) is 0 Å². The number of aromatic nitrogens is 1. The van der Waals surface area contributed by atoms with Crippen LogP contribution in [-0.4, -0.2) is 36.1 Å². The van der Waals surface area contributed by atoms with Crippen LogP contribution in [0.3, 0.4) is 0 Å². The van der Waals surface area contributed by atoms with E-state index in [0.29, 0.717) is 18.5 Å². The molecule has 1 heterocycles. The van der Waals surface area contributed by atoms with Gasteiger partial charge in [-0.25, -0.2) is 17.5 Å². The minimum Gasteiger partial charge on any atom is -0.386 e. The lowest BCUT2D eigenvalue weighted by Gasteiger charge is -2.26. The fourth-order valence-corrected chi connectivity index (χ4v) is 4.23. The normalized spacial score (nSPS) is 25.6. The first-order valence-electron chi connectivity index (χ1n) is 6.83. The molecule has 2 unspecified atom stereocenters. The van der Waals surface area contributed by atoms with Gasteiger partial charge in [0.05, 0.1) is 0 Å². The SMILES string of the molecule is Cn1cccc1[C@@H](O)CNS(=O)(=O)C1CCCCC1F. The monoisotopic (exact) mass is 304 g/mol. The van der Waals surface area contributed by atoms with Crippen LogP contribution in [0.5, 0.6) is 0 Å². The molecule has 0 spiro atoms. The highest BCUT2D eigenvalue weighted by Gasteiger charge is 2.35. The van der Waals surface area contributed by atoms with Crippen LogP contribution in [-0.2, 0) is 17.1 Å². The Balaban J connectivity index is 1.97. The molecule has 1 aromatic rings. The van der Waals surface area contributed by atoms with Crippen LogP contribution in [0.1, 0.15) is 37.5 Å². The van der Waals surface area contributed by atoms with E-state index >= 15 is 0 Å². The molecule has 7 heteroatoms. The van der Waals surface area contributed by atoms with Gasteiger partial charge in [0.25, 0.3) is 0 Å². The first-order valence-corrected chi connectivity index (χ1v) is 8.38. The minimum atomic E-state index is -3.73. The highest BCUT2D eigenvalue weighted by Crippen LogP contribution is 2.26. The Morgan fingerprint density at radius 3 is 2.80 bits per heavy atom. The van der Waals surface area contributed by atoms with E-state index in [0.717, 1.165) is 12.8 Å². The predicted octanol–water partition coefficient (Wildman–Crippen LogP) is 1.26. The molecule has 0 saturated heterocycles. The van der Waals surface area contributed by atoms with Gasteiger partial charge >= 0.3 is 0 Å². The molecule has 1 fully saturated rings. The zero-order chi connectivity index (χ0) is 14.8. The van der Waals surface area contributed by atoms with Gasteiger partial charge in [0.15, 0.2) is 0 Å². The van der Waals surface area contributed by atoms with Crippen LogP contribution in [0.25, 0.3) is 0 Å². The Hall–Kier alpha value is -0.920. The van der Waals surface area contributed by atoms with Gasteiger partial charge in [0.1, 0.15) is 17.5 Å². The molecule has 1 aliphatic carbocycles. The summed E-state index contributed by atoms with van der Waals surface area (Å²) in [7, 11) is -1.96. The largest absolute Gasteiger partial charge is 0.386 e. The Kier molecular flexibility index (Phi) is 4.82. The van der Waals surface area contributed by atoms with Gasteiger partial charge in [0, 0.05) is 25.5 Å². The molecular weight excluding hydrogens is 283 g/mol. The number of aliphatic hydroxyl groups is 1. The van der Waals surface area contributed by atoms with E-state index in [2.05, 4.69) is 4.72 Å². The molecule has 2 N–H and O–H groups in total. The number of halogens is 1. The van der Waals surface area contributed by atoms with Gasteiger partial charge in [-0.3, -0.25) is 0 Å². The van der Waals surface area contributed by atoms with Crippen LogP contribution in [0.4, 0.5) is 4.39 Å². The molecule has 1 aromatic heterocycles. The summed E-state index contributed by atoms with van der Waals surface area (Å²) in [5.41, 5.74) is 0.619. The van der Waals surface area contributed by atoms with Gasteiger partial charge < -0.3 is 9.67 Å². The summed E-state index contributed by atoms with van der Waals surface area (Å²) < 4.78 is 42.0. The Morgan fingerprint density at radius 2 is 2.20 bits per heavy atom. The maximum Gasteiger partial charge on any atom is 0.217 e. The minimum absolute atomic E-state index is 0.136. The summed E-state index contributed by atoms with van der Waals surface area (Å²) in [4.78, 5) is 0. The van der Waals surface area contributed by atoms with Gasteiger partial charge in [-0.2, -0.15) is 0 Å². The summed E-state index contributed by atoms with van der Waals surface area (Å²) in [6.45, 7) is -0.136. The van der Waals surface area contributed by atoms with E-state index < -0.39 is 27.5 Å². The third-order valence-electron chi connectivity index (χ3n) is 3.82. The third kappa shape index (κ3) is 3.39. The Bertz CT molecular complexity index is 544. The molecule has 0 radical (unpaired) electrons. The van der Waals surface area contributed by atoms with E-state index in [1.807, 2.05) is 0 Å². The second kappa shape index (κ2) is 6.24. The molecule has 1 saturated carbocycles. The number of rotatable bonds is 5. The molecule has 1 aliphatic rings. The lowest BCUT2D eigenvalue weighted by atomic mass is 9.98. The molecular formula is C13H21FN2O3S. The standard InChI is InChI=1S/C13H21FN2O3S/c1-16-8-4-6-11(16)12(17)9-15-20(18,19)13-7-3-2-5-10(13)14/h4,6,8,10,12-13,15,17H,2-3,5,7,9H2,1H3/t10?,12-,13?/m0/s1. The van der Waals surface area contributed by atoms with Gasteiger partial charge in [-0.05, 0) is 25.0 Å². The molecule has 3 atom stereocenters. The lowest BCUT2D eigenvalue weighted by molar-refractivity contribution is 0.173. The molecule has 2 rings (SSSR count). The van der Waals surface area contributed by atoms with Crippen molar-refractivity contribution in [2.75, 3.05) is 6.54 Å². The van der Waals surface area contributed by atoms with E-state index in [9.17, 15) is 17.9 Å². The van der Waals surface area contributed by atoms with Crippen LogP contribution >= 0.6 is 0 Å². The van der Waals surface area contributed by atoms with Crippen molar-refractivity contribution in [3.8, 4) is 0 Å². The quantitative estimate of drug-likeness (QED) is 0.860. The van der Waals surface area contributed by atoms with Gasteiger partial charge in [-0.1, -0.05) is 12.8 Å². The van der Waals surface area contributed by atoms with Crippen molar-refractivity contribution in [3.05, 3.63) is 24.0 Å². The van der Waals surface area contributed by atoms with Crippen LogP contribution in [0.2, 0.25) is 0 Å². The highest BCUT2D eigenvalue weighted by molar-refractivity contribution is 7.90. The van der Waals surface area contributed by atoms with Crippen molar-refractivity contribution in [3.63, 3.8) is 0 Å². The number of hydrogen-bond acceptors (Lipinski definition) is 3. The second-order valence-corrected chi connectivity index (χ2v) is 7.28. The summed E-state index contributed by atoms with van der Waals surface area (Å²) >= 11 is 0. The predicted molar refractivity (Wildman–Crippen MR) is 74.4 cm³/mol. The molecule has 0 aromatic carbocycles. The number of hydrogen-bond donors (Lipinski definition) is 2. The van der Waals surface area contributed by atoms with Gasteiger partial charge in [-0.15, -0.1) is 0 Å². The van der Waals surface area contributed by atoms with Crippen molar-refractivity contribution in [2.24, 2.45) is 7.05 Å². The van der Waals surface area contributed by atoms with Gasteiger partial charge in [0.2, 0.25) is 10.0 Å². The average molecular weight is 304 g/mol. The molecule has 0 amide bonds. The summed E-state index contributed by atoms with van der Waals surface area (Å²) in [6, 6.07) is 3.49. The topological polar surface area (TPSA) is 71.3 Å². The molecule has 114 valence electrons. The Labute approximate surface area is 118 Å². The summed E-state index contributed by atoms with van der Waals surface area (Å²) in [5.74, 6) is 0. The van der Waals surface area contributed by atoms with E-state index in [-0.39, 0.29) is 6.54 Å². The molecule has 0 aliphatic heterocycles. The first kappa shape index (κ1) is 15.5. The van der Waals surface area contributed by atoms with E-state index in [1.54, 1.807) is 29.9 Å². The number of alkyl halides is 1. The summed E-state index contributed by atoms with van der Waals surface area (Å²) in [6.07, 6.45) is 1.62. The number of nitrogens with zero attached hydrogens (tertiary/aromatic N) is 1. The van der Waals surface area contributed by atoms with Crippen molar-refractivity contribution < 1.29 is 17.9 Å². The maximum atomic E-state index is 13.7. The zero-order valence-electron chi connectivity index (χ0n) is 11.5. The van der Waals surface area contributed by atoms with Crippen molar-refractivity contribution >= 4 is 10.0 Å². The third-order valence-corrected chi connectivity index (χ3v) is 5.72. The lowest BCUT2D eigenvalue weighted by Crippen LogP contribution is -2.43. The molecule has 0 bridgehead atoms. The number of sulfonamides is 1. The van der Waals surface area contributed by atoms with E-state index in [1.165, 1.54) is 0 Å². The van der Waals surface area contributed by atoms with Crippen molar-refractivity contribution in [1.29, 1.82) is 0 Å². The Morgan fingerprint density at radius 1 is 1.50 bits per heavy atom. The highest BCUT2D eigenvalue weighted by atomic mass is 32.2. The van der Waals surface area contributed by atoms with Crippen LogP contribution < -0.4 is 4.72 Å². The van der Waals surface area contributed by atoms with Crippen molar-refractivity contribution in [1.82, 2.24) is 9.29 Å². The number of aryl methyl sites for hydroxylation is 1. The van der Waals surface area contributed by atoms with Crippen LogP contribution in [0.15, 0.2) is 18.3 Å². The first-order chi connectivity index (χ1) is 9.42. The average Bonchev–Trinajstić information content (AvgIpc) is 2.83. The fourth-order valence-electron chi connectivity index (χ4n) is 2.63. The smallest absolute Gasteiger partial charge is 0.217 e. The molecule has 20 heavy (non-hydrogen) atoms. The van der Waals surface area contributed by atoms with Crippen LogP contribution in [0, 0.1) is 0 Å².